The summed E-state index contributed by atoms with van der Waals surface area (Å²) in [5.74, 6) is 0.893. The average Bonchev–Trinajstić information content (AvgIpc) is 2.50. The highest BCUT2D eigenvalue weighted by Crippen LogP contribution is 2.29. The van der Waals surface area contributed by atoms with Crippen LogP contribution in [0.2, 0.25) is 0 Å². The Morgan fingerprint density at radius 1 is 1.20 bits per heavy atom. The van der Waals surface area contributed by atoms with Gasteiger partial charge < -0.3 is 5.32 Å². The second kappa shape index (κ2) is 4.06. The van der Waals surface area contributed by atoms with Crippen molar-refractivity contribution in [2.45, 2.75) is 64.6 Å². The van der Waals surface area contributed by atoms with E-state index in [2.05, 4.69) is 37.9 Å². The minimum Gasteiger partial charge on any atom is -0.310 e. The quantitative estimate of drug-likeness (QED) is 0.714. The molecule has 0 bridgehead atoms. The third-order valence-electron chi connectivity index (χ3n) is 4.20. The fourth-order valence-corrected chi connectivity index (χ4v) is 3.19. The first-order valence-electron chi connectivity index (χ1n) is 6.49. The molecular formula is C13H26N2. The second-order valence-electron chi connectivity index (χ2n) is 6.35. The summed E-state index contributed by atoms with van der Waals surface area (Å²) in [5, 5.41) is 3.64. The van der Waals surface area contributed by atoms with Gasteiger partial charge in [0.1, 0.15) is 0 Å². The largest absolute Gasteiger partial charge is 0.310 e. The summed E-state index contributed by atoms with van der Waals surface area (Å²) in [6.45, 7) is 11.9. The zero-order valence-electron chi connectivity index (χ0n) is 10.7. The Balaban J connectivity index is 1.97. The van der Waals surface area contributed by atoms with Crippen molar-refractivity contribution >= 4 is 0 Å². The summed E-state index contributed by atoms with van der Waals surface area (Å²) in [6.07, 6.45) is 4.11. The fourth-order valence-electron chi connectivity index (χ4n) is 3.19. The Labute approximate surface area is 94.4 Å². The van der Waals surface area contributed by atoms with E-state index in [1.165, 1.54) is 32.4 Å². The molecule has 0 amide bonds. The summed E-state index contributed by atoms with van der Waals surface area (Å²) < 4.78 is 0. The van der Waals surface area contributed by atoms with Gasteiger partial charge in [-0.15, -0.1) is 0 Å². The molecule has 2 fully saturated rings. The molecule has 15 heavy (non-hydrogen) atoms. The normalized spacial score (nSPS) is 42.0. The number of rotatable bonds is 1. The van der Waals surface area contributed by atoms with Crippen molar-refractivity contribution in [1.82, 2.24) is 10.2 Å². The summed E-state index contributed by atoms with van der Waals surface area (Å²) >= 11 is 0. The molecule has 0 aliphatic carbocycles. The van der Waals surface area contributed by atoms with Crippen molar-refractivity contribution < 1.29 is 0 Å². The highest BCUT2D eigenvalue weighted by atomic mass is 15.2. The van der Waals surface area contributed by atoms with Gasteiger partial charge in [-0.25, -0.2) is 0 Å². The molecule has 2 heteroatoms. The molecule has 2 aliphatic rings. The number of nitrogens with one attached hydrogen (secondary N) is 1. The predicted octanol–water partition coefficient (Wildman–Crippen LogP) is 2.25. The smallest absolute Gasteiger partial charge is 0.0241 e. The maximum absolute atomic E-state index is 3.64. The van der Waals surface area contributed by atoms with E-state index in [-0.39, 0.29) is 0 Å². The van der Waals surface area contributed by atoms with Crippen LogP contribution in [0, 0.1) is 5.92 Å². The first-order chi connectivity index (χ1) is 6.98. The fraction of sp³-hybridized carbons (Fsp3) is 1.00. The van der Waals surface area contributed by atoms with Crippen molar-refractivity contribution in [2.24, 2.45) is 5.92 Å². The van der Waals surface area contributed by atoms with Gasteiger partial charge in [0.25, 0.3) is 0 Å². The van der Waals surface area contributed by atoms with E-state index in [1.807, 2.05) is 0 Å². The van der Waals surface area contributed by atoms with Gasteiger partial charge in [0.2, 0.25) is 0 Å². The molecule has 2 rings (SSSR count). The molecule has 2 nitrogen and oxygen atoms in total. The van der Waals surface area contributed by atoms with E-state index < -0.39 is 0 Å². The minimum absolute atomic E-state index is 0.352. The first kappa shape index (κ1) is 11.4. The molecule has 0 spiro atoms. The van der Waals surface area contributed by atoms with Crippen molar-refractivity contribution in [3.05, 3.63) is 0 Å². The van der Waals surface area contributed by atoms with Gasteiger partial charge in [-0.1, -0.05) is 6.92 Å². The third-order valence-corrected chi connectivity index (χ3v) is 4.20. The van der Waals surface area contributed by atoms with Crippen LogP contribution >= 0.6 is 0 Å². The van der Waals surface area contributed by atoms with Gasteiger partial charge in [-0.05, 0) is 46.0 Å². The lowest BCUT2D eigenvalue weighted by Crippen LogP contribution is -2.48. The average molecular weight is 210 g/mol. The SMILES string of the molecule is CC1CCC(C)N(C2CNC(C)(C)C2)C1. The van der Waals surface area contributed by atoms with Crippen LogP contribution in [0.3, 0.4) is 0 Å². The van der Waals surface area contributed by atoms with Gasteiger partial charge in [0.15, 0.2) is 0 Å². The van der Waals surface area contributed by atoms with Crippen LogP contribution in [0.4, 0.5) is 0 Å². The highest BCUT2D eigenvalue weighted by molar-refractivity contribution is 4.96. The Morgan fingerprint density at radius 2 is 1.93 bits per heavy atom. The monoisotopic (exact) mass is 210 g/mol. The van der Waals surface area contributed by atoms with Gasteiger partial charge >= 0.3 is 0 Å². The molecule has 0 aromatic heterocycles. The van der Waals surface area contributed by atoms with Crippen molar-refractivity contribution in [3.8, 4) is 0 Å². The van der Waals surface area contributed by atoms with E-state index in [0.29, 0.717) is 5.54 Å². The number of hydrogen-bond acceptors (Lipinski definition) is 2. The summed E-state index contributed by atoms with van der Waals surface area (Å²) in [7, 11) is 0. The summed E-state index contributed by atoms with van der Waals surface area (Å²) in [5.41, 5.74) is 0.352. The molecule has 88 valence electrons. The van der Waals surface area contributed by atoms with Crippen molar-refractivity contribution in [3.63, 3.8) is 0 Å². The number of hydrogen-bond donors (Lipinski definition) is 1. The molecule has 1 N–H and O–H groups in total. The minimum atomic E-state index is 0.352. The number of piperidine rings is 1. The zero-order valence-corrected chi connectivity index (χ0v) is 10.7. The molecule has 3 atom stereocenters. The van der Waals surface area contributed by atoms with Crippen LogP contribution in [-0.2, 0) is 0 Å². The standard InChI is InChI=1S/C13H26N2/c1-10-5-6-11(2)15(9-10)12-7-13(3,4)14-8-12/h10-12,14H,5-9H2,1-4H3. The maximum Gasteiger partial charge on any atom is 0.0241 e. The summed E-state index contributed by atoms with van der Waals surface area (Å²) in [4.78, 5) is 2.75. The van der Waals surface area contributed by atoms with Crippen molar-refractivity contribution in [2.75, 3.05) is 13.1 Å². The van der Waals surface area contributed by atoms with Crippen LogP contribution in [0.25, 0.3) is 0 Å². The Bertz CT molecular complexity index is 225. The Kier molecular flexibility index (Phi) is 3.09. The molecule has 0 saturated carbocycles. The maximum atomic E-state index is 3.64. The van der Waals surface area contributed by atoms with E-state index in [1.54, 1.807) is 0 Å². The second-order valence-corrected chi connectivity index (χ2v) is 6.35. The van der Waals surface area contributed by atoms with Crippen LogP contribution in [0.1, 0.15) is 47.0 Å². The van der Waals surface area contributed by atoms with Crippen LogP contribution in [0.15, 0.2) is 0 Å². The molecule has 2 saturated heterocycles. The van der Waals surface area contributed by atoms with Gasteiger partial charge in [0, 0.05) is 30.7 Å². The van der Waals surface area contributed by atoms with Gasteiger partial charge in [-0.2, -0.15) is 0 Å². The van der Waals surface area contributed by atoms with Crippen LogP contribution in [-0.4, -0.2) is 35.6 Å². The lowest BCUT2D eigenvalue weighted by Gasteiger charge is -2.40. The predicted molar refractivity (Wildman–Crippen MR) is 65.1 cm³/mol. The van der Waals surface area contributed by atoms with E-state index in [9.17, 15) is 0 Å². The van der Waals surface area contributed by atoms with E-state index >= 15 is 0 Å². The Hall–Kier alpha value is -0.0800. The lowest BCUT2D eigenvalue weighted by atomic mass is 9.91. The van der Waals surface area contributed by atoms with Crippen LogP contribution in [0.5, 0.6) is 0 Å². The molecule has 0 radical (unpaired) electrons. The zero-order chi connectivity index (χ0) is 11.1. The van der Waals surface area contributed by atoms with Gasteiger partial charge in [-0.3, -0.25) is 4.90 Å². The molecule has 0 aromatic rings. The number of likely N-dealkylation sites (tertiary alicyclic amines) is 1. The van der Waals surface area contributed by atoms with E-state index in [0.717, 1.165) is 18.0 Å². The molecular weight excluding hydrogens is 184 g/mol. The highest BCUT2D eigenvalue weighted by Gasteiger charge is 2.37. The summed E-state index contributed by atoms with van der Waals surface area (Å²) in [6, 6.07) is 1.57. The number of nitrogens with zero attached hydrogens (tertiary/aromatic N) is 1. The van der Waals surface area contributed by atoms with Crippen molar-refractivity contribution in [1.29, 1.82) is 0 Å². The lowest BCUT2D eigenvalue weighted by molar-refractivity contribution is 0.0823. The topological polar surface area (TPSA) is 15.3 Å². The van der Waals surface area contributed by atoms with Crippen LogP contribution < -0.4 is 5.32 Å². The van der Waals surface area contributed by atoms with Gasteiger partial charge in [0.05, 0.1) is 0 Å². The molecule has 2 aliphatic heterocycles. The first-order valence-corrected chi connectivity index (χ1v) is 6.49. The third kappa shape index (κ3) is 2.54. The molecule has 3 unspecified atom stereocenters. The Morgan fingerprint density at radius 3 is 2.53 bits per heavy atom. The molecule has 0 aromatic carbocycles. The van der Waals surface area contributed by atoms with E-state index in [4.69, 9.17) is 0 Å². The molecule has 2 heterocycles.